The highest BCUT2D eigenvalue weighted by Gasteiger charge is 2.69. The van der Waals surface area contributed by atoms with Crippen molar-refractivity contribution < 1.29 is 114 Å². The molecule has 4 aliphatic heterocycles. The number of aliphatic hydroxyl groups is 15. The highest BCUT2D eigenvalue weighted by molar-refractivity contribution is 5.18. The Balaban J connectivity index is 0.899. The van der Waals surface area contributed by atoms with Gasteiger partial charge in [-0.1, -0.05) is 20.8 Å². The van der Waals surface area contributed by atoms with Crippen LogP contribution in [-0.2, 0) is 37.9 Å². The van der Waals surface area contributed by atoms with Crippen LogP contribution in [0.15, 0.2) is 0 Å². The van der Waals surface area contributed by atoms with Gasteiger partial charge in [-0.25, -0.2) is 0 Å². The van der Waals surface area contributed by atoms with Gasteiger partial charge in [0.2, 0.25) is 0 Å². The molecule has 27 atom stereocenters. The molecule has 4 heterocycles. The maximum absolute atomic E-state index is 11.2. The van der Waals surface area contributed by atoms with Crippen LogP contribution in [-0.4, -0.2) is 244 Å². The van der Waals surface area contributed by atoms with Crippen LogP contribution in [0.3, 0.4) is 0 Å². The molecule has 2 bridgehead atoms. The van der Waals surface area contributed by atoms with E-state index in [0.717, 1.165) is 38.5 Å². The average Bonchev–Trinajstić information content (AvgIpc) is 3.53. The number of rotatable bonds is 13. The molecule has 23 heteroatoms. The van der Waals surface area contributed by atoms with Crippen LogP contribution in [0.5, 0.6) is 0 Å². The molecule has 1 spiro atoms. The molecule has 23 nitrogen and oxygen atoms in total. The van der Waals surface area contributed by atoms with E-state index in [-0.39, 0.29) is 35.2 Å². The first-order valence-electron chi connectivity index (χ1n) is 23.8. The molecule has 8 rings (SSSR count). The van der Waals surface area contributed by atoms with Gasteiger partial charge in [0, 0.05) is 0 Å². The van der Waals surface area contributed by atoms with Gasteiger partial charge in [0.25, 0.3) is 0 Å². The Morgan fingerprint density at radius 2 is 0.940 bits per heavy atom. The SMILES string of the molecule is CC1(C)[C@@H](O[C@@H]2O[C@H](CO[C@@H]3O[C@H](CO[C@@H]4O[C@H](CO)[C@@H](O)[C@H](O)[C@H]4O)[C@@H](O)[C@H](O)[C@H]3O)[C@@H](O)[C@H](O)[C@H]2O)CC[C@]2(C)[C@@H]1CC[C@@]13C[C@@H](CC[C@H]12)[C@@](CO)(O[C@H]1O[C@@H](CO)[C@H](O)[C@@H](O)[C@@H]1O)C3. The zero-order valence-corrected chi connectivity index (χ0v) is 38.0. The molecule has 0 aromatic heterocycles. The van der Waals surface area contributed by atoms with Crippen molar-refractivity contribution in [1.82, 2.24) is 0 Å². The van der Waals surface area contributed by atoms with E-state index in [1.165, 1.54) is 0 Å². The van der Waals surface area contributed by atoms with E-state index in [0.29, 0.717) is 12.8 Å². The average molecular weight is 971 g/mol. The smallest absolute Gasteiger partial charge is 0.187 e. The molecular formula is C44H74O23. The fourth-order valence-electron chi connectivity index (χ4n) is 13.9. The largest absolute Gasteiger partial charge is 0.394 e. The normalized spacial score (nSPS) is 55.4. The van der Waals surface area contributed by atoms with Gasteiger partial charge in [-0.3, -0.25) is 0 Å². The molecule has 388 valence electrons. The van der Waals surface area contributed by atoms with E-state index in [4.69, 9.17) is 37.9 Å². The Morgan fingerprint density at radius 1 is 0.478 bits per heavy atom. The predicted octanol–water partition coefficient (Wildman–Crippen LogP) is -5.59. The Labute approximate surface area is 387 Å². The molecule has 0 aromatic carbocycles. The van der Waals surface area contributed by atoms with Crippen LogP contribution in [0.2, 0.25) is 0 Å². The van der Waals surface area contributed by atoms with E-state index >= 15 is 0 Å². The van der Waals surface area contributed by atoms with Gasteiger partial charge in [0.15, 0.2) is 25.2 Å². The van der Waals surface area contributed by atoms with Crippen LogP contribution in [0, 0.1) is 34.0 Å². The summed E-state index contributed by atoms with van der Waals surface area (Å²) in [6, 6.07) is 0. The first kappa shape index (κ1) is 52.4. The maximum Gasteiger partial charge on any atom is 0.187 e. The summed E-state index contributed by atoms with van der Waals surface area (Å²) < 4.78 is 47.1. The van der Waals surface area contributed by atoms with E-state index in [1.807, 2.05) is 0 Å². The van der Waals surface area contributed by atoms with Crippen molar-refractivity contribution in [1.29, 1.82) is 0 Å². The summed E-state index contributed by atoms with van der Waals surface area (Å²) in [6.07, 6.45) is -26.5. The minimum absolute atomic E-state index is 0.0670. The number of hydrogen-bond acceptors (Lipinski definition) is 23. The summed E-state index contributed by atoms with van der Waals surface area (Å²) in [7, 11) is 0. The van der Waals surface area contributed by atoms with Gasteiger partial charge < -0.3 is 114 Å². The van der Waals surface area contributed by atoms with Crippen LogP contribution < -0.4 is 0 Å². The van der Waals surface area contributed by atoms with E-state index in [9.17, 15) is 76.6 Å². The summed E-state index contributed by atoms with van der Waals surface area (Å²) in [4.78, 5) is 0. The first-order valence-corrected chi connectivity index (χ1v) is 23.8. The summed E-state index contributed by atoms with van der Waals surface area (Å²) in [6.45, 7) is 3.70. The summed E-state index contributed by atoms with van der Waals surface area (Å²) in [5.41, 5.74) is -2.01. The topological polar surface area (TPSA) is 377 Å². The molecule has 67 heavy (non-hydrogen) atoms. The van der Waals surface area contributed by atoms with E-state index in [1.54, 1.807) is 0 Å². The second-order valence-electron chi connectivity index (χ2n) is 21.6. The lowest BCUT2D eigenvalue weighted by molar-refractivity contribution is -0.350. The van der Waals surface area contributed by atoms with Crippen LogP contribution in [0.25, 0.3) is 0 Å². The minimum Gasteiger partial charge on any atom is -0.394 e. The van der Waals surface area contributed by atoms with Gasteiger partial charge in [-0.05, 0) is 85.4 Å². The van der Waals surface area contributed by atoms with Gasteiger partial charge in [0.05, 0.1) is 44.7 Å². The third kappa shape index (κ3) is 9.06. The molecule has 0 amide bonds. The maximum atomic E-state index is 11.2. The van der Waals surface area contributed by atoms with Gasteiger partial charge in [0.1, 0.15) is 97.7 Å². The Kier molecular flexibility index (Phi) is 15.5. The van der Waals surface area contributed by atoms with Gasteiger partial charge in [-0.2, -0.15) is 0 Å². The molecule has 4 saturated heterocycles. The van der Waals surface area contributed by atoms with Crippen LogP contribution in [0.1, 0.15) is 72.1 Å². The van der Waals surface area contributed by atoms with Crippen molar-refractivity contribution in [2.24, 2.45) is 34.0 Å². The third-order valence-corrected chi connectivity index (χ3v) is 17.6. The predicted molar refractivity (Wildman–Crippen MR) is 220 cm³/mol. The van der Waals surface area contributed by atoms with Crippen molar-refractivity contribution in [3.05, 3.63) is 0 Å². The fourth-order valence-corrected chi connectivity index (χ4v) is 13.9. The molecule has 0 aromatic rings. The monoisotopic (exact) mass is 970 g/mol. The van der Waals surface area contributed by atoms with Crippen molar-refractivity contribution in [3.63, 3.8) is 0 Å². The number of aliphatic hydroxyl groups excluding tert-OH is 15. The zero-order valence-electron chi connectivity index (χ0n) is 38.0. The lowest BCUT2D eigenvalue weighted by Gasteiger charge is -2.65. The highest BCUT2D eigenvalue weighted by atomic mass is 16.8. The molecule has 8 fully saturated rings. The molecule has 4 saturated carbocycles. The lowest BCUT2D eigenvalue weighted by Crippen LogP contribution is -2.64. The summed E-state index contributed by atoms with van der Waals surface area (Å²) >= 11 is 0. The van der Waals surface area contributed by atoms with Crippen LogP contribution >= 0.6 is 0 Å². The summed E-state index contributed by atoms with van der Waals surface area (Å²) in [5, 5.41) is 158. The van der Waals surface area contributed by atoms with E-state index in [2.05, 4.69) is 20.8 Å². The Morgan fingerprint density at radius 3 is 1.46 bits per heavy atom. The first-order chi connectivity index (χ1) is 31.6. The van der Waals surface area contributed by atoms with Crippen molar-refractivity contribution in [2.75, 3.05) is 33.0 Å². The fraction of sp³-hybridized carbons (Fsp3) is 1.00. The molecule has 0 unspecified atom stereocenters. The number of fused-ring (bicyclic) bond motifs is 3. The minimum atomic E-state index is -1.84. The van der Waals surface area contributed by atoms with E-state index < -0.39 is 166 Å². The highest BCUT2D eigenvalue weighted by Crippen LogP contribution is 2.73. The van der Waals surface area contributed by atoms with Gasteiger partial charge >= 0.3 is 0 Å². The van der Waals surface area contributed by atoms with Gasteiger partial charge in [-0.15, -0.1) is 0 Å². The Bertz CT molecular complexity index is 1660. The molecule has 4 aliphatic carbocycles. The molecule has 8 aliphatic rings. The molecule has 15 N–H and O–H groups in total. The number of ether oxygens (including phenoxy) is 8. The second kappa shape index (κ2) is 19.8. The molecule has 0 radical (unpaired) electrons. The number of hydrogen-bond donors (Lipinski definition) is 15. The zero-order chi connectivity index (χ0) is 48.7. The van der Waals surface area contributed by atoms with Crippen LogP contribution in [0.4, 0.5) is 0 Å². The summed E-state index contributed by atoms with van der Waals surface area (Å²) in [5.74, 6) is 0.261. The second-order valence-corrected chi connectivity index (χ2v) is 21.6. The lowest BCUT2D eigenvalue weighted by atomic mass is 9.41. The van der Waals surface area contributed by atoms with Crippen molar-refractivity contribution in [3.8, 4) is 0 Å². The standard InChI is InChI=1S/C44H74O23/c1-41(2)22-6-9-43-10-17(44(15-43,16-47)67-40-36(59)30(53)26(49)19(12-46)63-40)4-5-23(43)42(22,3)8-7-24(41)66-39-35(58)32(55)28(51)21(65-39)14-61-38-34(57)31(54)27(50)20(64-38)13-60-37-33(56)29(52)25(48)18(11-45)62-37/h17-40,45-59H,4-16H2,1-3H3/t17-,18-,19+,20-,21-,22-,23+,24+,25-,26+,27-,28-,29+,30-,31+,32+,33-,34-,35-,36+,37-,38-,39+,40-,42-,43+,44-/m1/s1. The molecular weight excluding hydrogens is 896 g/mol. The quantitative estimate of drug-likeness (QED) is 0.0765. The Hall–Kier alpha value is -0.920. The van der Waals surface area contributed by atoms with Crippen molar-refractivity contribution in [2.45, 2.75) is 207 Å². The third-order valence-electron chi connectivity index (χ3n) is 17.6. The van der Waals surface area contributed by atoms with Crippen molar-refractivity contribution >= 4 is 0 Å².